The van der Waals surface area contributed by atoms with Crippen LogP contribution in [0.1, 0.15) is 6.92 Å². The van der Waals surface area contributed by atoms with Crippen molar-refractivity contribution in [2.24, 2.45) is 7.05 Å². The van der Waals surface area contributed by atoms with Gasteiger partial charge in [0.15, 0.2) is 4.60 Å². The lowest BCUT2D eigenvalue weighted by atomic mass is 10.4. The van der Waals surface area contributed by atoms with Crippen molar-refractivity contribution in [1.82, 2.24) is 25.0 Å². The largest absolute Gasteiger partial charge is 0.392 e. The van der Waals surface area contributed by atoms with Gasteiger partial charge in [-0.1, -0.05) is 5.21 Å². The molecular weight excluding hydrogens is 326 g/mol. The zero-order valence-electron chi connectivity index (χ0n) is 10.1. The first-order valence-electron chi connectivity index (χ1n) is 5.28. The van der Waals surface area contributed by atoms with E-state index < -0.39 is 16.1 Å². The van der Waals surface area contributed by atoms with Crippen LogP contribution < -0.4 is 10.0 Å². The maximum absolute atomic E-state index is 11.9. The Morgan fingerprint density at radius 3 is 2.67 bits per heavy atom. The van der Waals surface area contributed by atoms with Crippen LogP contribution in [0.25, 0.3) is 0 Å². The molecule has 3 N–H and O–H groups in total. The molecule has 0 aliphatic carbocycles. The number of nitrogens with zero attached hydrogens (tertiary/aromatic N) is 3. The minimum absolute atomic E-state index is 0.0157. The molecule has 0 spiro atoms. The predicted molar refractivity (Wildman–Crippen MR) is 68.4 cm³/mol. The number of aliphatic hydroxyl groups excluding tert-OH is 1. The van der Waals surface area contributed by atoms with Crippen molar-refractivity contribution in [2.75, 3.05) is 19.6 Å². The van der Waals surface area contributed by atoms with Crippen LogP contribution in [0.15, 0.2) is 9.63 Å². The first-order valence-corrected chi connectivity index (χ1v) is 7.56. The lowest BCUT2D eigenvalue weighted by Crippen LogP contribution is -2.35. The average molecular weight is 342 g/mol. The molecule has 0 bridgehead atoms. The maximum atomic E-state index is 11.9. The minimum Gasteiger partial charge on any atom is -0.392 e. The fraction of sp³-hybridized carbons (Fsp3) is 0.750. The maximum Gasteiger partial charge on any atom is 0.260 e. The number of rotatable bonds is 7. The van der Waals surface area contributed by atoms with Gasteiger partial charge in [0.25, 0.3) is 10.0 Å². The van der Waals surface area contributed by atoms with Crippen LogP contribution in [0.5, 0.6) is 0 Å². The molecule has 0 saturated carbocycles. The Bertz CT molecular complexity index is 467. The molecule has 18 heavy (non-hydrogen) atoms. The number of aryl methyl sites for hydroxylation is 1. The number of aromatic nitrogens is 3. The highest BCUT2D eigenvalue weighted by molar-refractivity contribution is 9.10. The van der Waals surface area contributed by atoms with Gasteiger partial charge in [0.05, 0.1) is 6.10 Å². The second-order valence-corrected chi connectivity index (χ2v) is 6.19. The summed E-state index contributed by atoms with van der Waals surface area (Å²) in [5.41, 5.74) is 0. The topological polar surface area (TPSA) is 109 Å². The van der Waals surface area contributed by atoms with Crippen molar-refractivity contribution in [3.8, 4) is 0 Å². The van der Waals surface area contributed by atoms with Gasteiger partial charge in [0.1, 0.15) is 0 Å². The normalized spacial score (nSPS) is 13.8. The van der Waals surface area contributed by atoms with Gasteiger partial charge in [0, 0.05) is 26.7 Å². The van der Waals surface area contributed by atoms with Crippen LogP contribution in [0.3, 0.4) is 0 Å². The molecule has 1 atom stereocenters. The quantitative estimate of drug-likeness (QED) is 0.539. The smallest absolute Gasteiger partial charge is 0.260 e. The molecule has 0 aliphatic heterocycles. The van der Waals surface area contributed by atoms with E-state index in [-0.39, 0.29) is 16.2 Å². The van der Waals surface area contributed by atoms with Crippen molar-refractivity contribution in [3.05, 3.63) is 4.60 Å². The van der Waals surface area contributed by atoms with Crippen LogP contribution in [-0.4, -0.2) is 54.3 Å². The van der Waals surface area contributed by atoms with Gasteiger partial charge in [-0.05, 0) is 22.9 Å². The lowest BCUT2D eigenvalue weighted by Gasteiger charge is -2.08. The first kappa shape index (κ1) is 15.5. The number of hydrogen-bond donors (Lipinski definition) is 3. The molecule has 1 unspecified atom stereocenters. The number of aliphatic hydroxyl groups is 1. The molecule has 0 amide bonds. The molecule has 1 aromatic rings. The molecular formula is C8H16BrN5O3S. The van der Waals surface area contributed by atoms with E-state index in [9.17, 15) is 8.42 Å². The number of halogens is 1. The van der Waals surface area contributed by atoms with Gasteiger partial charge >= 0.3 is 0 Å². The van der Waals surface area contributed by atoms with Crippen LogP contribution >= 0.6 is 15.9 Å². The van der Waals surface area contributed by atoms with Gasteiger partial charge in [0.2, 0.25) is 5.03 Å². The Kier molecular flexibility index (Phi) is 5.66. The summed E-state index contributed by atoms with van der Waals surface area (Å²) >= 11 is 3.03. The summed E-state index contributed by atoms with van der Waals surface area (Å²) < 4.78 is 27.6. The first-order chi connectivity index (χ1) is 8.34. The molecule has 10 heteroatoms. The molecule has 1 heterocycles. The van der Waals surface area contributed by atoms with E-state index in [1.165, 1.54) is 11.7 Å². The summed E-state index contributed by atoms with van der Waals surface area (Å²) in [6.07, 6.45) is -0.461. The highest BCUT2D eigenvalue weighted by Crippen LogP contribution is 2.16. The van der Waals surface area contributed by atoms with Crippen molar-refractivity contribution >= 4 is 26.0 Å². The third kappa shape index (κ3) is 4.28. The van der Waals surface area contributed by atoms with Crippen LogP contribution in [0.4, 0.5) is 0 Å². The van der Waals surface area contributed by atoms with E-state index >= 15 is 0 Å². The van der Waals surface area contributed by atoms with E-state index in [2.05, 4.69) is 36.3 Å². The molecule has 0 saturated heterocycles. The summed E-state index contributed by atoms with van der Waals surface area (Å²) in [7, 11) is -2.14. The van der Waals surface area contributed by atoms with E-state index in [1.807, 2.05) is 0 Å². The highest BCUT2D eigenvalue weighted by atomic mass is 79.9. The molecule has 0 aromatic carbocycles. The molecule has 0 aliphatic rings. The van der Waals surface area contributed by atoms with Crippen molar-refractivity contribution in [3.63, 3.8) is 0 Å². The van der Waals surface area contributed by atoms with Gasteiger partial charge in [-0.3, -0.25) is 0 Å². The SMILES string of the molecule is CC(O)CNCCNS(=O)(=O)c1c(Br)nnn1C. The summed E-state index contributed by atoms with van der Waals surface area (Å²) in [6.45, 7) is 2.70. The second-order valence-electron chi connectivity index (χ2n) is 3.76. The number of sulfonamides is 1. The van der Waals surface area contributed by atoms with Gasteiger partial charge in [-0.2, -0.15) is 0 Å². The number of nitrogens with one attached hydrogen (secondary N) is 2. The van der Waals surface area contributed by atoms with Crippen LogP contribution in [0, 0.1) is 0 Å². The minimum atomic E-state index is -3.64. The zero-order chi connectivity index (χ0) is 13.8. The van der Waals surface area contributed by atoms with Crippen LogP contribution in [-0.2, 0) is 17.1 Å². The van der Waals surface area contributed by atoms with Crippen molar-refractivity contribution in [1.29, 1.82) is 0 Å². The molecule has 1 rings (SSSR count). The fourth-order valence-corrected chi connectivity index (χ4v) is 3.38. The average Bonchev–Trinajstić information content (AvgIpc) is 2.57. The zero-order valence-corrected chi connectivity index (χ0v) is 12.5. The van der Waals surface area contributed by atoms with E-state index in [0.717, 1.165) is 0 Å². The van der Waals surface area contributed by atoms with Gasteiger partial charge in [-0.15, -0.1) is 5.10 Å². The lowest BCUT2D eigenvalue weighted by molar-refractivity contribution is 0.192. The molecule has 8 nitrogen and oxygen atoms in total. The summed E-state index contributed by atoms with van der Waals surface area (Å²) in [5, 5.41) is 19.1. The fourth-order valence-electron chi connectivity index (χ4n) is 1.26. The molecule has 104 valence electrons. The van der Waals surface area contributed by atoms with E-state index in [0.29, 0.717) is 13.1 Å². The Labute approximate surface area is 114 Å². The number of hydrogen-bond acceptors (Lipinski definition) is 6. The van der Waals surface area contributed by atoms with Gasteiger partial charge in [-0.25, -0.2) is 17.8 Å². The standard InChI is InChI=1S/C8H16BrN5O3S/c1-6(15)5-10-3-4-11-18(16,17)8-7(9)12-13-14(8)2/h6,10-11,15H,3-5H2,1-2H3. The third-order valence-electron chi connectivity index (χ3n) is 2.03. The molecule has 0 radical (unpaired) electrons. The van der Waals surface area contributed by atoms with Gasteiger partial charge < -0.3 is 10.4 Å². The Hall–Kier alpha value is -0.550. The summed E-state index contributed by atoms with van der Waals surface area (Å²) in [5.74, 6) is 0. The van der Waals surface area contributed by atoms with E-state index in [1.54, 1.807) is 6.92 Å². The summed E-state index contributed by atoms with van der Waals surface area (Å²) in [6, 6.07) is 0. The Morgan fingerprint density at radius 2 is 2.17 bits per heavy atom. The second kappa shape index (κ2) is 6.57. The monoisotopic (exact) mass is 341 g/mol. The third-order valence-corrected chi connectivity index (χ3v) is 4.37. The predicted octanol–water partition coefficient (Wildman–Crippen LogP) is -1.17. The Balaban J connectivity index is 2.51. The van der Waals surface area contributed by atoms with Crippen molar-refractivity contribution < 1.29 is 13.5 Å². The van der Waals surface area contributed by atoms with Crippen LogP contribution in [0.2, 0.25) is 0 Å². The Morgan fingerprint density at radius 1 is 1.50 bits per heavy atom. The molecule has 1 aromatic heterocycles. The molecule has 0 fully saturated rings. The van der Waals surface area contributed by atoms with Crippen molar-refractivity contribution in [2.45, 2.75) is 18.1 Å². The van der Waals surface area contributed by atoms with E-state index in [4.69, 9.17) is 5.11 Å². The summed E-state index contributed by atoms with van der Waals surface area (Å²) in [4.78, 5) is 0. The highest BCUT2D eigenvalue weighted by Gasteiger charge is 2.23.